The summed E-state index contributed by atoms with van der Waals surface area (Å²) < 4.78 is 15.3. The van der Waals surface area contributed by atoms with Crippen LogP contribution in [0.3, 0.4) is 0 Å². The van der Waals surface area contributed by atoms with Crippen LogP contribution in [0.1, 0.15) is 6.92 Å². The van der Waals surface area contributed by atoms with Gasteiger partial charge < -0.3 is 19.0 Å². The molecule has 0 unspecified atom stereocenters. The number of carbonyl (C=O) groups excluding carboxylic acids is 2. The highest BCUT2D eigenvalue weighted by Crippen LogP contribution is 2.24. The molecule has 28 heavy (non-hydrogen) atoms. The van der Waals surface area contributed by atoms with Crippen LogP contribution in [0.4, 0.5) is 0 Å². The van der Waals surface area contributed by atoms with Crippen molar-refractivity contribution in [3.63, 3.8) is 0 Å². The molecule has 2 aromatic carbocycles. The number of aromatic hydroxyl groups is 1. The van der Waals surface area contributed by atoms with Crippen LogP contribution in [-0.4, -0.2) is 23.7 Å². The Morgan fingerprint density at radius 2 is 1.79 bits per heavy atom. The Bertz CT molecular complexity index is 1110. The highest BCUT2D eigenvalue weighted by molar-refractivity contribution is 5.93. The molecule has 142 valence electrons. The predicted molar refractivity (Wildman–Crippen MR) is 101 cm³/mol. The highest BCUT2D eigenvalue weighted by atomic mass is 16.5. The number of hydrogen-bond acceptors (Lipinski definition) is 7. The van der Waals surface area contributed by atoms with Gasteiger partial charge >= 0.3 is 11.9 Å². The lowest BCUT2D eigenvalue weighted by Crippen LogP contribution is -2.07. The minimum Gasteiger partial charge on any atom is -0.508 e. The van der Waals surface area contributed by atoms with E-state index in [0.717, 1.165) is 12.2 Å². The van der Waals surface area contributed by atoms with E-state index in [2.05, 4.69) is 4.74 Å². The Balaban J connectivity index is 1.84. The van der Waals surface area contributed by atoms with Gasteiger partial charge in [-0.25, -0.2) is 9.59 Å². The van der Waals surface area contributed by atoms with Crippen LogP contribution < -0.4 is 10.2 Å². The summed E-state index contributed by atoms with van der Waals surface area (Å²) in [6, 6.07) is 10.5. The SMILES string of the molecule is CCOC(=O)C=CC(=O)Oc1ccc2c(=O)c(-c3ccc(O)cc3)coc2c1. The first-order valence-electron chi connectivity index (χ1n) is 8.39. The van der Waals surface area contributed by atoms with Crippen LogP contribution in [0.2, 0.25) is 0 Å². The molecular formula is C21H16O7. The summed E-state index contributed by atoms with van der Waals surface area (Å²) in [4.78, 5) is 35.7. The highest BCUT2D eigenvalue weighted by Gasteiger charge is 2.11. The minimum absolute atomic E-state index is 0.0948. The van der Waals surface area contributed by atoms with E-state index in [1.54, 1.807) is 19.1 Å². The first-order valence-corrected chi connectivity index (χ1v) is 8.39. The molecule has 0 fully saturated rings. The van der Waals surface area contributed by atoms with Crippen LogP contribution >= 0.6 is 0 Å². The molecule has 7 nitrogen and oxygen atoms in total. The molecular weight excluding hydrogens is 364 g/mol. The molecule has 0 amide bonds. The topological polar surface area (TPSA) is 103 Å². The maximum atomic E-state index is 12.7. The molecule has 0 spiro atoms. The van der Waals surface area contributed by atoms with Crippen molar-refractivity contribution >= 4 is 22.9 Å². The molecule has 3 aromatic rings. The normalized spacial score (nSPS) is 10.9. The molecule has 1 aromatic heterocycles. The monoisotopic (exact) mass is 380 g/mol. The third kappa shape index (κ3) is 4.27. The van der Waals surface area contributed by atoms with Gasteiger partial charge in [-0.1, -0.05) is 12.1 Å². The van der Waals surface area contributed by atoms with E-state index in [4.69, 9.17) is 9.15 Å². The van der Waals surface area contributed by atoms with E-state index in [9.17, 15) is 19.5 Å². The van der Waals surface area contributed by atoms with Crippen LogP contribution in [0.25, 0.3) is 22.1 Å². The van der Waals surface area contributed by atoms with Gasteiger partial charge in [-0.15, -0.1) is 0 Å². The number of ether oxygens (including phenoxy) is 2. The molecule has 0 saturated carbocycles. The van der Waals surface area contributed by atoms with Gasteiger partial charge in [-0.05, 0) is 36.8 Å². The Hall–Kier alpha value is -3.87. The van der Waals surface area contributed by atoms with Gasteiger partial charge in [0.2, 0.25) is 0 Å². The Morgan fingerprint density at radius 3 is 2.50 bits per heavy atom. The number of hydrogen-bond donors (Lipinski definition) is 1. The van der Waals surface area contributed by atoms with E-state index in [-0.39, 0.29) is 29.1 Å². The van der Waals surface area contributed by atoms with E-state index in [1.807, 2.05) is 0 Å². The number of esters is 2. The maximum absolute atomic E-state index is 12.7. The zero-order chi connectivity index (χ0) is 20.1. The van der Waals surface area contributed by atoms with Crippen molar-refractivity contribution in [1.82, 2.24) is 0 Å². The van der Waals surface area contributed by atoms with Crippen LogP contribution in [-0.2, 0) is 14.3 Å². The second-order valence-electron chi connectivity index (χ2n) is 5.69. The fourth-order valence-corrected chi connectivity index (χ4v) is 2.49. The molecule has 0 saturated heterocycles. The predicted octanol–water partition coefficient (Wildman–Crippen LogP) is 3.19. The van der Waals surface area contributed by atoms with Gasteiger partial charge in [-0.3, -0.25) is 4.79 Å². The van der Waals surface area contributed by atoms with Crippen molar-refractivity contribution in [3.05, 3.63) is 71.1 Å². The van der Waals surface area contributed by atoms with Crippen molar-refractivity contribution < 1.29 is 28.6 Å². The third-order valence-electron chi connectivity index (χ3n) is 3.78. The maximum Gasteiger partial charge on any atom is 0.336 e. The van der Waals surface area contributed by atoms with E-state index < -0.39 is 11.9 Å². The van der Waals surface area contributed by atoms with Gasteiger partial charge in [0.25, 0.3) is 0 Å². The van der Waals surface area contributed by atoms with E-state index in [0.29, 0.717) is 16.5 Å². The number of benzene rings is 2. The van der Waals surface area contributed by atoms with Gasteiger partial charge in [-0.2, -0.15) is 0 Å². The Kier molecular flexibility index (Phi) is 5.55. The standard InChI is InChI=1S/C21H16O7/c1-2-26-19(23)9-10-20(24)28-15-7-8-16-18(11-15)27-12-17(21(16)25)13-3-5-14(22)6-4-13/h3-12,22H,2H2,1H3. The van der Waals surface area contributed by atoms with Gasteiger partial charge in [0.15, 0.2) is 5.43 Å². The van der Waals surface area contributed by atoms with Gasteiger partial charge in [0, 0.05) is 18.2 Å². The van der Waals surface area contributed by atoms with Crippen LogP contribution in [0.5, 0.6) is 11.5 Å². The zero-order valence-electron chi connectivity index (χ0n) is 14.9. The fraction of sp³-hybridized carbons (Fsp3) is 0.0952. The van der Waals surface area contributed by atoms with Gasteiger partial charge in [0.1, 0.15) is 23.3 Å². The third-order valence-corrected chi connectivity index (χ3v) is 3.78. The average molecular weight is 380 g/mol. The summed E-state index contributed by atoms with van der Waals surface area (Å²) in [7, 11) is 0. The van der Waals surface area contributed by atoms with Crippen LogP contribution in [0, 0.1) is 0 Å². The first kappa shape index (κ1) is 18.9. The van der Waals surface area contributed by atoms with Crippen molar-refractivity contribution in [2.75, 3.05) is 6.61 Å². The smallest absolute Gasteiger partial charge is 0.336 e. The molecule has 3 rings (SSSR count). The second kappa shape index (κ2) is 8.22. The molecule has 0 atom stereocenters. The average Bonchev–Trinajstić information content (AvgIpc) is 2.68. The van der Waals surface area contributed by atoms with Gasteiger partial charge in [0.05, 0.1) is 17.6 Å². The lowest BCUT2D eigenvalue weighted by atomic mass is 10.1. The fourth-order valence-electron chi connectivity index (χ4n) is 2.49. The summed E-state index contributed by atoms with van der Waals surface area (Å²) in [5, 5.41) is 9.68. The largest absolute Gasteiger partial charge is 0.508 e. The molecule has 0 aliphatic heterocycles. The number of carbonyl (C=O) groups is 2. The zero-order valence-corrected chi connectivity index (χ0v) is 14.9. The molecule has 0 aliphatic rings. The van der Waals surface area contributed by atoms with Crippen molar-refractivity contribution in [2.45, 2.75) is 6.92 Å². The van der Waals surface area contributed by atoms with Crippen molar-refractivity contribution in [1.29, 1.82) is 0 Å². The Morgan fingerprint density at radius 1 is 1.07 bits per heavy atom. The molecule has 0 bridgehead atoms. The number of rotatable bonds is 5. The lowest BCUT2D eigenvalue weighted by molar-refractivity contribution is -0.138. The summed E-state index contributed by atoms with van der Waals surface area (Å²) in [6.45, 7) is 1.86. The Labute approximate surface area is 159 Å². The van der Waals surface area contributed by atoms with Crippen molar-refractivity contribution in [2.24, 2.45) is 0 Å². The molecule has 1 N–H and O–H groups in total. The number of phenolic OH excluding ortho intramolecular Hbond substituents is 1. The second-order valence-corrected chi connectivity index (χ2v) is 5.69. The molecule has 1 heterocycles. The molecule has 0 radical (unpaired) electrons. The molecule has 0 aliphatic carbocycles. The quantitative estimate of drug-likeness (QED) is 0.412. The van der Waals surface area contributed by atoms with Crippen molar-refractivity contribution in [3.8, 4) is 22.6 Å². The number of fused-ring (bicyclic) bond motifs is 1. The molecule has 7 heteroatoms. The number of phenols is 1. The summed E-state index contributed by atoms with van der Waals surface area (Å²) in [5.41, 5.74) is 0.932. The van der Waals surface area contributed by atoms with Crippen LogP contribution in [0.15, 0.2) is 70.1 Å². The summed E-state index contributed by atoms with van der Waals surface area (Å²) in [6.07, 6.45) is 3.23. The minimum atomic E-state index is -0.768. The lowest BCUT2D eigenvalue weighted by Gasteiger charge is -2.05. The summed E-state index contributed by atoms with van der Waals surface area (Å²) >= 11 is 0. The van der Waals surface area contributed by atoms with E-state index in [1.165, 1.54) is 36.6 Å². The first-order chi connectivity index (χ1) is 13.5. The summed E-state index contributed by atoms with van der Waals surface area (Å²) in [5.74, 6) is -1.16. The van der Waals surface area contributed by atoms with E-state index >= 15 is 0 Å².